The van der Waals surface area contributed by atoms with Gasteiger partial charge in [-0.15, -0.1) is 0 Å². The molecule has 1 aliphatic heterocycles. The van der Waals surface area contributed by atoms with Gasteiger partial charge in [-0.25, -0.2) is 14.4 Å². The molecule has 3 heterocycles. The van der Waals surface area contributed by atoms with E-state index < -0.39 is 11.5 Å². The first-order chi connectivity index (χ1) is 18.5. The molecule has 38 heavy (non-hydrogen) atoms. The summed E-state index contributed by atoms with van der Waals surface area (Å²) in [5.41, 5.74) is 8.81. The van der Waals surface area contributed by atoms with Gasteiger partial charge in [-0.1, -0.05) is 18.2 Å². The number of rotatable bonds is 11. The Morgan fingerprint density at radius 3 is 2.42 bits per heavy atom. The highest BCUT2D eigenvalue weighted by molar-refractivity contribution is 5.82. The van der Waals surface area contributed by atoms with Crippen LogP contribution in [0.25, 0.3) is 11.1 Å². The number of aryl methyl sites for hydroxylation is 1. The summed E-state index contributed by atoms with van der Waals surface area (Å²) in [7, 11) is 0. The first-order valence-electron chi connectivity index (χ1n) is 13.4. The average molecular weight is 519 g/mol. The smallest absolute Gasteiger partial charge is 0.324 e. The molecule has 1 aliphatic carbocycles. The molecule has 0 unspecified atom stereocenters. The summed E-state index contributed by atoms with van der Waals surface area (Å²) < 4.78 is 15.5. The molecule has 9 heteroatoms. The second-order valence-corrected chi connectivity index (χ2v) is 10.3. The summed E-state index contributed by atoms with van der Waals surface area (Å²) in [6, 6.07) is 9.43. The van der Waals surface area contributed by atoms with Crippen LogP contribution < -0.4 is 5.73 Å². The van der Waals surface area contributed by atoms with Crippen molar-refractivity contribution in [3.05, 3.63) is 77.4 Å². The minimum atomic E-state index is -0.717. The van der Waals surface area contributed by atoms with Gasteiger partial charge in [-0.05, 0) is 55.5 Å². The van der Waals surface area contributed by atoms with Crippen LogP contribution in [0.1, 0.15) is 48.3 Å². The van der Waals surface area contributed by atoms with Crippen LogP contribution in [0.15, 0.2) is 48.9 Å². The van der Waals surface area contributed by atoms with Crippen molar-refractivity contribution in [2.75, 3.05) is 32.7 Å². The molecule has 0 spiro atoms. The minimum Gasteiger partial charge on any atom is -0.480 e. The van der Waals surface area contributed by atoms with Gasteiger partial charge in [0.2, 0.25) is 0 Å². The quantitative estimate of drug-likeness (QED) is 0.373. The highest BCUT2D eigenvalue weighted by Crippen LogP contribution is 2.42. The number of hydrogen-bond acceptors (Lipinski definition) is 7. The number of aliphatic carboxylic acids is 1. The largest absolute Gasteiger partial charge is 0.480 e. The first kappa shape index (κ1) is 26.3. The average Bonchev–Trinajstić information content (AvgIpc) is 3.75. The summed E-state index contributed by atoms with van der Waals surface area (Å²) in [6.45, 7) is 4.04. The van der Waals surface area contributed by atoms with E-state index in [9.17, 15) is 9.90 Å². The van der Waals surface area contributed by atoms with E-state index in [0.29, 0.717) is 43.7 Å². The number of aromatic nitrogens is 3. The first-order valence-corrected chi connectivity index (χ1v) is 13.4. The molecule has 0 bridgehead atoms. The zero-order valence-corrected chi connectivity index (χ0v) is 21.7. The molecule has 5 rings (SSSR count). The van der Waals surface area contributed by atoms with Crippen molar-refractivity contribution < 1.29 is 14.3 Å². The van der Waals surface area contributed by atoms with Crippen LogP contribution in [-0.4, -0.2) is 74.1 Å². The van der Waals surface area contributed by atoms with Crippen LogP contribution in [0.3, 0.4) is 0 Å². The number of pyridine rings is 1. The Bertz CT molecular complexity index is 1260. The van der Waals surface area contributed by atoms with E-state index in [1.165, 1.54) is 0 Å². The Kier molecular flexibility index (Phi) is 8.06. The molecule has 0 atom stereocenters. The number of hydrogen-bond donors (Lipinski definition) is 2. The maximum atomic E-state index is 15.5. The standard InChI is InChI=1S/C29H35FN6O2/c30-27-22(4-3-5-23(27)20-35-12-14-36(15-13-35)29(8-9-29)28(37)38)17-25-16-21(7-11-32-25)24-18-33-26(34-19-24)6-1-2-10-31/h3-5,7,11,16,18-19H,1-2,6,8-10,12-15,17,20,31H2,(H,37,38). The van der Waals surface area contributed by atoms with E-state index in [1.807, 2.05) is 42.7 Å². The summed E-state index contributed by atoms with van der Waals surface area (Å²) in [6.07, 6.45) is 9.98. The van der Waals surface area contributed by atoms with Gasteiger partial charge < -0.3 is 10.8 Å². The van der Waals surface area contributed by atoms with Crippen LogP contribution in [-0.2, 0) is 24.2 Å². The van der Waals surface area contributed by atoms with Gasteiger partial charge in [0, 0.05) is 81.0 Å². The van der Waals surface area contributed by atoms with E-state index in [0.717, 1.165) is 67.8 Å². The third-order valence-corrected chi connectivity index (χ3v) is 7.73. The number of halogens is 1. The molecular weight excluding hydrogens is 483 g/mol. The molecule has 200 valence electrons. The molecule has 0 radical (unpaired) electrons. The third-order valence-electron chi connectivity index (χ3n) is 7.73. The lowest BCUT2D eigenvalue weighted by atomic mass is 10.0. The summed E-state index contributed by atoms with van der Waals surface area (Å²) in [5.74, 6) is -0.104. The van der Waals surface area contributed by atoms with Gasteiger partial charge in [-0.3, -0.25) is 19.6 Å². The van der Waals surface area contributed by atoms with Crippen LogP contribution in [0, 0.1) is 5.82 Å². The van der Waals surface area contributed by atoms with Gasteiger partial charge in [0.05, 0.1) is 0 Å². The molecule has 3 aromatic rings. The number of nitrogens with zero attached hydrogens (tertiary/aromatic N) is 5. The van der Waals surface area contributed by atoms with E-state index >= 15 is 4.39 Å². The van der Waals surface area contributed by atoms with E-state index in [4.69, 9.17) is 5.73 Å². The molecule has 2 fully saturated rings. The Morgan fingerprint density at radius 1 is 1.00 bits per heavy atom. The highest BCUT2D eigenvalue weighted by Gasteiger charge is 2.55. The Hall–Kier alpha value is -3.27. The Labute approximate surface area is 222 Å². The second kappa shape index (κ2) is 11.6. The van der Waals surface area contributed by atoms with Gasteiger partial charge in [0.1, 0.15) is 17.2 Å². The molecule has 1 saturated carbocycles. The van der Waals surface area contributed by atoms with Crippen molar-refractivity contribution in [3.63, 3.8) is 0 Å². The molecule has 2 aliphatic rings. The predicted octanol–water partition coefficient (Wildman–Crippen LogP) is 3.28. The summed E-state index contributed by atoms with van der Waals surface area (Å²) in [4.78, 5) is 29.4. The fraction of sp³-hybridized carbons (Fsp3) is 0.448. The summed E-state index contributed by atoms with van der Waals surface area (Å²) >= 11 is 0. The number of carboxylic acid groups (broad SMARTS) is 1. The second-order valence-electron chi connectivity index (χ2n) is 10.3. The van der Waals surface area contributed by atoms with Crippen LogP contribution >= 0.6 is 0 Å². The maximum absolute atomic E-state index is 15.5. The number of piperazine rings is 1. The van der Waals surface area contributed by atoms with Crippen molar-refractivity contribution in [2.24, 2.45) is 5.73 Å². The molecule has 0 amide bonds. The van der Waals surface area contributed by atoms with E-state index in [-0.39, 0.29) is 5.82 Å². The van der Waals surface area contributed by atoms with Gasteiger partial charge in [-0.2, -0.15) is 0 Å². The van der Waals surface area contributed by atoms with Crippen LogP contribution in [0.2, 0.25) is 0 Å². The lowest BCUT2D eigenvalue weighted by Gasteiger charge is -2.38. The normalized spacial score (nSPS) is 17.4. The van der Waals surface area contributed by atoms with E-state index in [2.05, 4.69) is 24.8 Å². The maximum Gasteiger partial charge on any atom is 0.324 e. The topological polar surface area (TPSA) is 108 Å². The van der Waals surface area contributed by atoms with Gasteiger partial charge >= 0.3 is 5.97 Å². The molecule has 3 N–H and O–H groups in total. The number of unbranched alkanes of at least 4 members (excludes halogenated alkanes) is 1. The predicted molar refractivity (Wildman–Crippen MR) is 143 cm³/mol. The lowest BCUT2D eigenvalue weighted by molar-refractivity contribution is -0.146. The molecular formula is C29H35FN6O2. The highest BCUT2D eigenvalue weighted by atomic mass is 19.1. The van der Waals surface area contributed by atoms with Gasteiger partial charge in [0.25, 0.3) is 0 Å². The minimum absolute atomic E-state index is 0.198. The van der Waals surface area contributed by atoms with Crippen molar-refractivity contribution >= 4 is 5.97 Å². The van der Waals surface area contributed by atoms with Crippen LogP contribution in [0.5, 0.6) is 0 Å². The number of carbonyl (C=O) groups is 1. The Balaban J connectivity index is 1.21. The van der Waals surface area contributed by atoms with Crippen molar-refractivity contribution in [2.45, 2.75) is 50.6 Å². The van der Waals surface area contributed by atoms with Gasteiger partial charge in [0.15, 0.2) is 0 Å². The van der Waals surface area contributed by atoms with Crippen molar-refractivity contribution in [1.82, 2.24) is 24.8 Å². The number of benzene rings is 1. The monoisotopic (exact) mass is 518 g/mol. The summed E-state index contributed by atoms with van der Waals surface area (Å²) in [5, 5.41) is 9.55. The van der Waals surface area contributed by atoms with Crippen LogP contribution in [0.4, 0.5) is 4.39 Å². The number of carboxylic acids is 1. The lowest BCUT2D eigenvalue weighted by Crippen LogP contribution is -2.53. The fourth-order valence-electron chi connectivity index (χ4n) is 5.26. The SMILES string of the molecule is NCCCCc1ncc(-c2ccnc(Cc3cccc(CN4CCN(C5(C(=O)O)CC5)CC4)c3F)c2)cn1. The Morgan fingerprint density at radius 2 is 1.74 bits per heavy atom. The molecule has 2 aromatic heterocycles. The molecule has 1 saturated heterocycles. The molecule has 8 nitrogen and oxygen atoms in total. The van der Waals surface area contributed by atoms with Crippen molar-refractivity contribution in [1.29, 1.82) is 0 Å². The number of nitrogens with two attached hydrogens (primary N) is 1. The fourth-order valence-corrected chi connectivity index (χ4v) is 5.26. The zero-order chi connectivity index (χ0) is 26.5. The third kappa shape index (κ3) is 5.90. The zero-order valence-electron chi connectivity index (χ0n) is 21.7. The van der Waals surface area contributed by atoms with Crippen molar-refractivity contribution in [3.8, 4) is 11.1 Å². The molecule has 1 aromatic carbocycles. The van der Waals surface area contributed by atoms with E-state index in [1.54, 1.807) is 6.20 Å².